The van der Waals surface area contributed by atoms with Crippen molar-refractivity contribution >= 4 is 40.7 Å². The lowest BCUT2D eigenvalue weighted by Gasteiger charge is -1.98. The fourth-order valence-electron chi connectivity index (χ4n) is 2.00. The zero-order chi connectivity index (χ0) is 16.9. The van der Waals surface area contributed by atoms with Crippen molar-refractivity contribution in [2.75, 3.05) is 5.73 Å². The first-order valence-corrected chi connectivity index (χ1v) is 8.21. The number of carbonyl (C=O) groups excluding carboxylic acids is 1. The molecule has 3 aromatic rings. The third-order valence-electron chi connectivity index (χ3n) is 3.18. The molecule has 24 heavy (non-hydrogen) atoms. The van der Waals surface area contributed by atoms with Gasteiger partial charge in [-0.15, -0.1) is 11.3 Å². The molecule has 0 unspecified atom stereocenters. The molecule has 1 aromatic carbocycles. The minimum atomic E-state index is -0.344. The summed E-state index contributed by atoms with van der Waals surface area (Å²) in [4.78, 5) is 17.5. The highest BCUT2D eigenvalue weighted by molar-refractivity contribution is 7.18. The molecule has 0 radical (unpaired) electrons. The summed E-state index contributed by atoms with van der Waals surface area (Å²) in [5, 5.41) is 4.59. The van der Waals surface area contributed by atoms with Crippen LogP contribution in [0.2, 0.25) is 5.02 Å². The summed E-state index contributed by atoms with van der Waals surface area (Å²) >= 11 is 7.20. The summed E-state index contributed by atoms with van der Waals surface area (Å²) in [6, 6.07) is 12.7. The fraction of sp³-hybridized carbons (Fsp3) is 0. The molecule has 120 valence electrons. The number of anilines is 1. The van der Waals surface area contributed by atoms with Gasteiger partial charge in [-0.25, -0.2) is 5.43 Å². The third-order valence-corrected chi connectivity index (χ3v) is 4.63. The number of nitrogens with zero attached hydrogens (tertiary/aromatic N) is 2. The first kappa shape index (κ1) is 16.2. The number of nitrogen functional groups attached to an aromatic ring is 1. The number of carbonyl (C=O) groups is 1. The van der Waals surface area contributed by atoms with E-state index in [-0.39, 0.29) is 5.91 Å². The summed E-state index contributed by atoms with van der Waals surface area (Å²) in [6.45, 7) is 0. The van der Waals surface area contributed by atoms with Crippen LogP contribution in [0.4, 0.5) is 5.69 Å². The van der Waals surface area contributed by atoms with Crippen molar-refractivity contribution in [2.45, 2.75) is 0 Å². The maximum absolute atomic E-state index is 12.2. The van der Waals surface area contributed by atoms with Gasteiger partial charge < -0.3 is 5.73 Å². The molecule has 0 saturated heterocycles. The van der Waals surface area contributed by atoms with Gasteiger partial charge in [-0.1, -0.05) is 23.7 Å². The molecule has 3 N–H and O–H groups in total. The van der Waals surface area contributed by atoms with Gasteiger partial charge in [0.05, 0.1) is 11.9 Å². The monoisotopic (exact) mass is 356 g/mol. The van der Waals surface area contributed by atoms with Crippen molar-refractivity contribution in [1.82, 2.24) is 10.4 Å². The number of hydrogen-bond donors (Lipinski definition) is 2. The van der Waals surface area contributed by atoms with Crippen molar-refractivity contribution < 1.29 is 4.79 Å². The first-order chi connectivity index (χ1) is 11.6. The lowest BCUT2D eigenvalue weighted by atomic mass is 10.2. The van der Waals surface area contributed by atoms with Gasteiger partial charge in [0.2, 0.25) is 0 Å². The third kappa shape index (κ3) is 3.79. The van der Waals surface area contributed by atoms with E-state index in [0.717, 1.165) is 16.0 Å². The van der Waals surface area contributed by atoms with Crippen LogP contribution >= 0.6 is 22.9 Å². The van der Waals surface area contributed by atoms with Crippen LogP contribution in [0.15, 0.2) is 60.0 Å². The molecule has 0 aliphatic heterocycles. The number of nitrogens with one attached hydrogen (secondary N) is 1. The van der Waals surface area contributed by atoms with Gasteiger partial charge in [0, 0.05) is 22.3 Å². The zero-order valence-electron chi connectivity index (χ0n) is 12.4. The van der Waals surface area contributed by atoms with Crippen molar-refractivity contribution in [3.8, 4) is 10.4 Å². The van der Waals surface area contributed by atoms with E-state index >= 15 is 0 Å². The van der Waals surface area contributed by atoms with Crippen molar-refractivity contribution in [3.63, 3.8) is 0 Å². The number of thiophene rings is 1. The van der Waals surface area contributed by atoms with E-state index in [1.54, 1.807) is 48.9 Å². The molecular weight excluding hydrogens is 344 g/mol. The van der Waals surface area contributed by atoms with Gasteiger partial charge in [-0.3, -0.25) is 9.78 Å². The molecule has 3 rings (SSSR count). The van der Waals surface area contributed by atoms with Crippen LogP contribution in [-0.4, -0.2) is 17.1 Å². The van der Waals surface area contributed by atoms with Crippen LogP contribution < -0.4 is 11.2 Å². The summed E-state index contributed by atoms with van der Waals surface area (Å²) in [7, 11) is 0. The Hall–Kier alpha value is -2.70. The number of hydrazone groups is 1. The number of hydrogen-bond acceptors (Lipinski definition) is 5. The Kier molecular flexibility index (Phi) is 4.88. The maximum atomic E-state index is 12.2. The second kappa shape index (κ2) is 7.25. The molecule has 2 heterocycles. The van der Waals surface area contributed by atoms with E-state index in [9.17, 15) is 4.79 Å². The predicted molar refractivity (Wildman–Crippen MR) is 98.5 cm³/mol. The fourth-order valence-corrected chi connectivity index (χ4v) is 3.11. The summed E-state index contributed by atoms with van der Waals surface area (Å²) in [5.74, 6) is -0.344. The number of benzene rings is 1. The van der Waals surface area contributed by atoms with Crippen LogP contribution in [0.3, 0.4) is 0 Å². The number of amides is 1. The molecule has 5 nitrogen and oxygen atoms in total. The quantitative estimate of drug-likeness (QED) is 0.551. The second-order valence-electron chi connectivity index (χ2n) is 4.88. The Morgan fingerprint density at radius 2 is 1.92 bits per heavy atom. The predicted octanol–water partition coefficient (Wildman–Crippen LogP) is 3.81. The van der Waals surface area contributed by atoms with E-state index in [1.165, 1.54) is 11.3 Å². The van der Waals surface area contributed by atoms with E-state index in [4.69, 9.17) is 17.3 Å². The van der Waals surface area contributed by atoms with E-state index in [1.807, 2.05) is 12.1 Å². The Balaban J connectivity index is 1.73. The lowest BCUT2D eigenvalue weighted by Crippen LogP contribution is -2.17. The highest BCUT2D eigenvalue weighted by Gasteiger charge is 2.14. The summed E-state index contributed by atoms with van der Waals surface area (Å²) < 4.78 is 0. The van der Waals surface area contributed by atoms with Gasteiger partial charge in [0.15, 0.2) is 0 Å². The van der Waals surface area contributed by atoms with E-state index in [2.05, 4.69) is 15.5 Å². The Labute approximate surface area is 147 Å². The van der Waals surface area contributed by atoms with Gasteiger partial charge in [-0.2, -0.15) is 5.10 Å². The normalized spacial score (nSPS) is 10.9. The van der Waals surface area contributed by atoms with Gasteiger partial charge in [0.1, 0.15) is 4.88 Å². The maximum Gasteiger partial charge on any atom is 0.283 e. The number of rotatable bonds is 4. The van der Waals surface area contributed by atoms with Gasteiger partial charge in [-0.05, 0) is 41.5 Å². The van der Waals surface area contributed by atoms with Crippen LogP contribution in [0, 0.1) is 0 Å². The van der Waals surface area contributed by atoms with Crippen molar-refractivity contribution in [3.05, 3.63) is 70.3 Å². The highest BCUT2D eigenvalue weighted by atomic mass is 35.5. The van der Waals surface area contributed by atoms with Crippen molar-refractivity contribution in [1.29, 1.82) is 0 Å². The second-order valence-corrected chi connectivity index (χ2v) is 6.37. The smallest absolute Gasteiger partial charge is 0.283 e. The summed E-state index contributed by atoms with van der Waals surface area (Å²) in [6.07, 6.45) is 4.85. The Bertz CT molecular complexity index is 875. The molecule has 0 bridgehead atoms. The molecule has 7 heteroatoms. The van der Waals surface area contributed by atoms with E-state index < -0.39 is 0 Å². The molecule has 0 spiro atoms. The standard InChI is InChI=1S/C17H13ClN4OS/c18-13-3-1-12(2-4-13)15-9-14(19)16(24-15)17(23)22-21-10-11-5-7-20-8-6-11/h1-10H,19H2,(H,22,23)/b21-10+. The van der Waals surface area contributed by atoms with Crippen LogP contribution in [-0.2, 0) is 0 Å². The molecule has 1 amide bonds. The van der Waals surface area contributed by atoms with Crippen LogP contribution in [0.1, 0.15) is 15.2 Å². The molecular formula is C17H13ClN4OS. The molecule has 0 fully saturated rings. The number of pyridine rings is 1. The average Bonchev–Trinajstić information content (AvgIpc) is 2.98. The minimum Gasteiger partial charge on any atom is -0.397 e. The number of halogens is 1. The Morgan fingerprint density at radius 1 is 1.21 bits per heavy atom. The Morgan fingerprint density at radius 3 is 2.62 bits per heavy atom. The van der Waals surface area contributed by atoms with Gasteiger partial charge >= 0.3 is 0 Å². The lowest BCUT2D eigenvalue weighted by molar-refractivity contribution is 0.0960. The molecule has 0 atom stereocenters. The number of aromatic nitrogens is 1. The van der Waals surface area contributed by atoms with E-state index in [0.29, 0.717) is 15.6 Å². The average molecular weight is 357 g/mol. The highest BCUT2D eigenvalue weighted by Crippen LogP contribution is 2.33. The molecule has 0 saturated carbocycles. The zero-order valence-corrected chi connectivity index (χ0v) is 14.0. The topological polar surface area (TPSA) is 80.4 Å². The first-order valence-electron chi connectivity index (χ1n) is 7.02. The largest absolute Gasteiger partial charge is 0.397 e. The summed E-state index contributed by atoms with van der Waals surface area (Å²) in [5.41, 5.74) is 10.6. The van der Waals surface area contributed by atoms with Crippen molar-refractivity contribution in [2.24, 2.45) is 5.10 Å². The SMILES string of the molecule is Nc1cc(-c2ccc(Cl)cc2)sc1C(=O)N/N=C/c1ccncc1. The minimum absolute atomic E-state index is 0.344. The molecule has 0 aliphatic carbocycles. The molecule has 2 aromatic heterocycles. The molecule has 0 aliphatic rings. The van der Waals surface area contributed by atoms with Crippen LogP contribution in [0.25, 0.3) is 10.4 Å². The van der Waals surface area contributed by atoms with Crippen LogP contribution in [0.5, 0.6) is 0 Å². The number of nitrogens with two attached hydrogens (primary N) is 1. The van der Waals surface area contributed by atoms with Gasteiger partial charge in [0.25, 0.3) is 5.91 Å².